The summed E-state index contributed by atoms with van der Waals surface area (Å²) in [6.45, 7) is 1.95. The molecule has 0 radical (unpaired) electrons. The molecule has 4 rings (SSSR count). The molecule has 0 unspecified atom stereocenters. The molecule has 5 heteroatoms. The van der Waals surface area contributed by atoms with E-state index in [0.717, 1.165) is 12.0 Å². The molecule has 1 saturated heterocycles. The van der Waals surface area contributed by atoms with Crippen molar-refractivity contribution < 1.29 is 9.59 Å². The quantitative estimate of drug-likeness (QED) is 0.535. The Labute approximate surface area is 146 Å². The van der Waals surface area contributed by atoms with Gasteiger partial charge in [-0.1, -0.05) is 62.2 Å². The number of alkyl halides is 2. The van der Waals surface area contributed by atoms with Crippen molar-refractivity contribution in [2.24, 2.45) is 23.7 Å². The predicted molar refractivity (Wildman–Crippen MR) is 90.7 cm³/mol. The van der Waals surface area contributed by atoms with Crippen molar-refractivity contribution in [3.63, 3.8) is 0 Å². The zero-order valence-corrected chi connectivity index (χ0v) is 15.3. The molecule has 0 N–H and O–H groups in total. The van der Waals surface area contributed by atoms with Crippen molar-refractivity contribution in [1.82, 2.24) is 4.90 Å². The Bertz CT molecular complexity index is 603. The van der Waals surface area contributed by atoms with E-state index in [0.29, 0.717) is 9.65 Å². The molecule has 2 aliphatic carbocycles. The van der Waals surface area contributed by atoms with Crippen LogP contribution in [0.15, 0.2) is 30.3 Å². The van der Waals surface area contributed by atoms with Crippen molar-refractivity contribution in [1.29, 1.82) is 0 Å². The largest absolute Gasteiger partial charge is 0.275 e. The van der Waals surface area contributed by atoms with E-state index in [9.17, 15) is 9.59 Å². The molecule has 0 aromatic heterocycles. The van der Waals surface area contributed by atoms with E-state index in [-0.39, 0.29) is 41.5 Å². The first-order valence-electron chi connectivity index (χ1n) is 7.72. The smallest absolute Gasteiger partial charge is 0.233 e. The van der Waals surface area contributed by atoms with Crippen LogP contribution in [0.25, 0.3) is 0 Å². The molecule has 1 aliphatic heterocycles. The van der Waals surface area contributed by atoms with Crippen LogP contribution >= 0.6 is 31.9 Å². The van der Waals surface area contributed by atoms with Gasteiger partial charge in [-0.25, -0.2) is 0 Å². The number of amides is 2. The minimum atomic E-state index is -0.186. The summed E-state index contributed by atoms with van der Waals surface area (Å²) in [5.41, 5.74) is 1.02. The fourth-order valence-electron chi connectivity index (χ4n) is 4.63. The van der Waals surface area contributed by atoms with Crippen molar-refractivity contribution in [2.45, 2.75) is 29.0 Å². The maximum Gasteiger partial charge on any atom is 0.233 e. The molecule has 1 heterocycles. The lowest BCUT2D eigenvalue weighted by molar-refractivity contribution is -0.143. The van der Waals surface area contributed by atoms with Gasteiger partial charge in [-0.05, 0) is 30.7 Å². The lowest BCUT2D eigenvalue weighted by Crippen LogP contribution is -2.37. The number of rotatable bonds is 2. The minimum Gasteiger partial charge on any atom is -0.275 e. The molecule has 3 aliphatic rings. The van der Waals surface area contributed by atoms with Gasteiger partial charge in [0.15, 0.2) is 0 Å². The number of fused-ring (bicyclic) bond motifs is 5. The van der Waals surface area contributed by atoms with Gasteiger partial charge < -0.3 is 0 Å². The second-order valence-electron chi connectivity index (χ2n) is 6.64. The van der Waals surface area contributed by atoms with E-state index in [2.05, 4.69) is 31.9 Å². The number of hydrogen-bond acceptors (Lipinski definition) is 2. The Kier molecular flexibility index (Phi) is 3.49. The minimum absolute atomic E-state index is 0.0303. The number of hydrogen-bond donors (Lipinski definition) is 0. The predicted octanol–water partition coefficient (Wildman–Crippen LogP) is 3.53. The Balaban J connectivity index is 1.67. The average Bonchev–Trinajstić information content (AvgIpc) is 3.13. The monoisotopic (exact) mass is 425 g/mol. The van der Waals surface area contributed by atoms with Crippen molar-refractivity contribution in [3.8, 4) is 0 Å². The van der Waals surface area contributed by atoms with E-state index in [1.54, 1.807) is 0 Å². The highest BCUT2D eigenvalue weighted by atomic mass is 79.9. The van der Waals surface area contributed by atoms with Gasteiger partial charge in [0.2, 0.25) is 11.8 Å². The van der Waals surface area contributed by atoms with Gasteiger partial charge in [-0.3, -0.25) is 14.5 Å². The Morgan fingerprint density at radius 2 is 1.50 bits per heavy atom. The zero-order valence-electron chi connectivity index (χ0n) is 12.2. The first-order valence-corrected chi connectivity index (χ1v) is 9.55. The lowest BCUT2D eigenvalue weighted by Gasteiger charge is -2.28. The topological polar surface area (TPSA) is 37.4 Å². The van der Waals surface area contributed by atoms with Crippen LogP contribution in [-0.2, 0) is 9.59 Å². The van der Waals surface area contributed by atoms with E-state index in [4.69, 9.17) is 0 Å². The summed E-state index contributed by atoms with van der Waals surface area (Å²) < 4.78 is 0. The van der Waals surface area contributed by atoms with Crippen LogP contribution < -0.4 is 0 Å². The van der Waals surface area contributed by atoms with Crippen LogP contribution in [-0.4, -0.2) is 26.4 Å². The van der Waals surface area contributed by atoms with Crippen molar-refractivity contribution >= 4 is 43.7 Å². The molecule has 1 aromatic rings. The van der Waals surface area contributed by atoms with Gasteiger partial charge in [-0.2, -0.15) is 0 Å². The maximum absolute atomic E-state index is 12.9. The molecule has 116 valence electrons. The summed E-state index contributed by atoms with van der Waals surface area (Å²) in [4.78, 5) is 28.0. The van der Waals surface area contributed by atoms with Gasteiger partial charge in [0.05, 0.1) is 17.9 Å². The summed E-state index contributed by atoms with van der Waals surface area (Å²) in [6, 6.07) is 9.62. The normalized spacial score (nSPS) is 41.1. The van der Waals surface area contributed by atoms with Crippen LogP contribution in [0.3, 0.4) is 0 Å². The van der Waals surface area contributed by atoms with E-state index >= 15 is 0 Å². The van der Waals surface area contributed by atoms with E-state index in [1.807, 2.05) is 37.3 Å². The fraction of sp³-hybridized carbons (Fsp3) is 0.529. The molecule has 0 spiro atoms. The highest BCUT2D eigenvalue weighted by Crippen LogP contribution is 2.60. The molecule has 3 nitrogen and oxygen atoms in total. The highest BCUT2D eigenvalue weighted by Gasteiger charge is 2.66. The van der Waals surface area contributed by atoms with Crippen LogP contribution in [0.1, 0.15) is 24.9 Å². The standard InChI is InChI=1S/C17H17Br2NO2/c1-8(9-5-3-2-4-6-9)20-16(21)12-10-7-11(13(12)17(20)22)15(19)14(10)18/h2-6,8,10-15H,7H2,1H3/t8-,10-,11+,12+,13-,14+,15+/m0/s1. The van der Waals surface area contributed by atoms with Gasteiger partial charge in [0, 0.05) is 9.65 Å². The lowest BCUT2D eigenvalue weighted by atomic mass is 9.81. The second-order valence-corrected chi connectivity index (χ2v) is 8.75. The summed E-state index contributed by atoms with van der Waals surface area (Å²) >= 11 is 7.44. The van der Waals surface area contributed by atoms with E-state index in [1.165, 1.54) is 4.90 Å². The van der Waals surface area contributed by atoms with Gasteiger partial charge >= 0.3 is 0 Å². The molecule has 2 saturated carbocycles. The maximum atomic E-state index is 12.9. The molecule has 22 heavy (non-hydrogen) atoms. The summed E-state index contributed by atoms with van der Waals surface area (Å²) in [5, 5.41) is 0. The van der Waals surface area contributed by atoms with Gasteiger partial charge in [-0.15, -0.1) is 0 Å². The summed E-state index contributed by atoms with van der Waals surface area (Å²) in [5.74, 6) is 0.377. The number of halogens is 2. The molecular weight excluding hydrogens is 410 g/mol. The zero-order chi connectivity index (χ0) is 15.6. The molecule has 3 fully saturated rings. The fourth-order valence-corrected chi connectivity index (χ4v) is 6.51. The third-order valence-corrected chi connectivity index (χ3v) is 8.90. The molecule has 2 bridgehead atoms. The number of carbonyl (C=O) groups excluding carboxylic acids is 2. The van der Waals surface area contributed by atoms with Crippen LogP contribution in [0, 0.1) is 23.7 Å². The Morgan fingerprint density at radius 1 is 1.00 bits per heavy atom. The SMILES string of the molecule is C[C@@H](c1ccccc1)N1C(=O)[C@@H]2[C@@H]3C[C@@H]([C@@H](Br)[C@@H]3Br)[C@@H]2C1=O. The van der Waals surface area contributed by atoms with Crippen LogP contribution in [0.5, 0.6) is 0 Å². The average molecular weight is 427 g/mol. The number of benzene rings is 1. The second kappa shape index (κ2) is 5.17. The first-order chi connectivity index (χ1) is 10.5. The van der Waals surface area contributed by atoms with Gasteiger partial charge in [0.1, 0.15) is 0 Å². The number of likely N-dealkylation sites (tertiary alicyclic amines) is 1. The third-order valence-electron chi connectivity index (χ3n) is 5.69. The first kappa shape index (κ1) is 14.9. The van der Waals surface area contributed by atoms with E-state index < -0.39 is 0 Å². The van der Waals surface area contributed by atoms with Crippen LogP contribution in [0.2, 0.25) is 0 Å². The third kappa shape index (κ3) is 1.84. The number of carbonyl (C=O) groups is 2. The Hall–Kier alpha value is -0.680. The van der Waals surface area contributed by atoms with Crippen molar-refractivity contribution in [2.75, 3.05) is 0 Å². The Morgan fingerprint density at radius 3 is 2.00 bits per heavy atom. The summed E-state index contributed by atoms with van der Waals surface area (Å²) in [6.07, 6.45) is 0.978. The molecular formula is C17H17Br2NO2. The molecule has 2 amide bonds. The number of nitrogens with zero attached hydrogens (tertiary/aromatic N) is 1. The van der Waals surface area contributed by atoms with Crippen molar-refractivity contribution in [3.05, 3.63) is 35.9 Å². The highest BCUT2D eigenvalue weighted by molar-refractivity contribution is 9.12. The van der Waals surface area contributed by atoms with Gasteiger partial charge in [0.25, 0.3) is 0 Å². The molecule has 7 atom stereocenters. The summed E-state index contributed by atoms with van der Waals surface area (Å²) in [7, 11) is 0. The number of imide groups is 1. The molecule has 1 aromatic carbocycles. The van der Waals surface area contributed by atoms with Crippen LogP contribution in [0.4, 0.5) is 0 Å².